The van der Waals surface area contributed by atoms with Gasteiger partial charge in [0.05, 0.1) is 17.1 Å². The predicted octanol–water partition coefficient (Wildman–Crippen LogP) is 2.01. The first-order valence-corrected chi connectivity index (χ1v) is 10.1. The number of para-hydroxylation sites is 2. The zero-order chi connectivity index (χ0) is 22.5. The van der Waals surface area contributed by atoms with Gasteiger partial charge in [-0.3, -0.25) is 4.72 Å². The van der Waals surface area contributed by atoms with Crippen LogP contribution in [0.15, 0.2) is 48.5 Å². The minimum Gasteiger partial charge on any atom is -0.397 e. The molecule has 0 fully saturated rings. The van der Waals surface area contributed by atoms with Gasteiger partial charge < -0.3 is 20.4 Å². The molecule has 29 heavy (non-hydrogen) atoms. The summed E-state index contributed by atoms with van der Waals surface area (Å²) in [5.41, 5.74) is 7.14. The number of nitrogens with one attached hydrogen (secondary N) is 1. The molecular weight excluding hydrogens is 392 g/mol. The van der Waals surface area contributed by atoms with Gasteiger partial charge in [0.15, 0.2) is 0 Å². The minimum absolute atomic E-state index is 0.0456. The Bertz CT molecular complexity index is 922. The topological polar surface area (TPSA) is 127 Å². The van der Waals surface area contributed by atoms with Gasteiger partial charge in [-0.15, -0.1) is 0 Å². The van der Waals surface area contributed by atoms with Crippen LogP contribution in [0.1, 0.15) is 25.0 Å². The predicted molar refractivity (Wildman–Crippen MR) is 116 cm³/mol. The van der Waals surface area contributed by atoms with E-state index in [4.69, 9.17) is 15.3 Å². The van der Waals surface area contributed by atoms with Crippen molar-refractivity contribution < 1.29 is 23.1 Å². The first-order valence-electron chi connectivity index (χ1n) is 8.42. The van der Waals surface area contributed by atoms with Crippen molar-refractivity contribution in [3.63, 3.8) is 0 Å². The number of nitrogen functional groups attached to an aromatic ring is 1. The third-order valence-electron chi connectivity index (χ3n) is 3.35. The quantitative estimate of drug-likeness (QED) is 0.504. The van der Waals surface area contributed by atoms with E-state index >= 15 is 0 Å². The van der Waals surface area contributed by atoms with Gasteiger partial charge in [0.2, 0.25) is 10.0 Å². The molecule has 0 bridgehead atoms. The lowest BCUT2D eigenvalue weighted by Crippen LogP contribution is -2.19. The molecule has 0 radical (unpaired) electrons. The normalized spacial score (nSPS) is 10.2. The summed E-state index contributed by atoms with van der Waals surface area (Å²) < 4.78 is 26.9. The van der Waals surface area contributed by atoms with Gasteiger partial charge in [-0.2, -0.15) is 0 Å². The van der Waals surface area contributed by atoms with Crippen LogP contribution < -0.4 is 10.5 Å². The molecule has 2 aromatic rings. The summed E-state index contributed by atoms with van der Waals surface area (Å²) >= 11 is 0. The molecule has 0 atom stereocenters. The fourth-order valence-electron chi connectivity index (χ4n) is 2.04. The molecule has 0 aliphatic heterocycles. The molecule has 0 spiro atoms. The van der Waals surface area contributed by atoms with Crippen LogP contribution >= 0.6 is 0 Å². The van der Waals surface area contributed by atoms with Gasteiger partial charge in [-0.05, 0) is 50.1 Å². The third kappa shape index (κ3) is 10.7. The summed E-state index contributed by atoms with van der Waals surface area (Å²) in [5.74, 6) is 5.57. The number of carbonyl (C=O) groups is 2. The lowest BCUT2D eigenvalue weighted by Gasteiger charge is -2.10. The van der Waals surface area contributed by atoms with E-state index in [0.717, 1.165) is 11.1 Å². The van der Waals surface area contributed by atoms with E-state index in [1.807, 2.05) is 37.8 Å². The highest BCUT2D eigenvalue weighted by Crippen LogP contribution is 2.18. The minimum atomic E-state index is -3.49. The lowest BCUT2D eigenvalue weighted by molar-refractivity contribution is -0.0987. The van der Waals surface area contributed by atoms with Crippen LogP contribution in [0.25, 0.3) is 0 Å². The Labute approximate surface area is 172 Å². The van der Waals surface area contributed by atoms with E-state index < -0.39 is 15.6 Å². The van der Waals surface area contributed by atoms with E-state index in [1.54, 1.807) is 38.1 Å². The van der Waals surface area contributed by atoms with E-state index in [0.29, 0.717) is 17.8 Å². The zero-order valence-electron chi connectivity index (χ0n) is 16.5. The molecule has 7 nitrogen and oxygen atoms in total. The maximum Gasteiger partial charge on any atom is 0.233 e. The number of hydrogen-bond donors (Lipinski definition) is 3. The zero-order valence-corrected chi connectivity index (χ0v) is 17.3. The van der Waals surface area contributed by atoms with Gasteiger partial charge in [0.25, 0.3) is 0 Å². The second kappa shape index (κ2) is 12.3. The fraction of sp³-hybridized carbons (Fsp3) is 0.238. The Morgan fingerprint density at radius 1 is 1.03 bits per heavy atom. The largest absolute Gasteiger partial charge is 0.397 e. The molecule has 4 N–H and O–H groups in total. The maximum absolute atomic E-state index is 12.2. The molecule has 0 aliphatic carbocycles. The molecule has 0 aromatic heterocycles. The second-order valence-electron chi connectivity index (χ2n) is 6.26. The molecule has 0 saturated carbocycles. The summed E-state index contributed by atoms with van der Waals surface area (Å²) in [6, 6.07) is 14.0. The lowest BCUT2D eigenvalue weighted by atomic mass is 10.1. The number of anilines is 2. The SMILES string of the molecule is C=O.C=O.CC(C)(O)C#Cc1ccc(CCS(=O)(=O)Nc2ccccc2N)cc1. The van der Waals surface area contributed by atoms with Crippen LogP contribution in [0, 0.1) is 11.8 Å². The van der Waals surface area contributed by atoms with Gasteiger partial charge in [-0.25, -0.2) is 8.42 Å². The second-order valence-corrected chi connectivity index (χ2v) is 8.11. The number of rotatable bonds is 5. The van der Waals surface area contributed by atoms with Crippen LogP contribution in [-0.4, -0.2) is 38.5 Å². The Balaban J connectivity index is 0.00000184. The summed E-state index contributed by atoms with van der Waals surface area (Å²) in [6.45, 7) is 7.23. The molecule has 2 rings (SSSR count). The van der Waals surface area contributed by atoms with E-state index in [2.05, 4.69) is 16.6 Å². The Morgan fingerprint density at radius 2 is 1.59 bits per heavy atom. The van der Waals surface area contributed by atoms with E-state index in [1.165, 1.54) is 0 Å². The number of carbonyl (C=O) groups excluding carboxylic acids is 2. The van der Waals surface area contributed by atoms with Crippen LogP contribution in [0.2, 0.25) is 0 Å². The first-order chi connectivity index (χ1) is 13.6. The molecule has 0 saturated heterocycles. The summed E-state index contributed by atoms with van der Waals surface area (Å²) in [4.78, 5) is 16.0. The van der Waals surface area contributed by atoms with Crippen molar-refractivity contribution in [2.24, 2.45) is 0 Å². The summed E-state index contributed by atoms with van der Waals surface area (Å²) in [6.07, 6.45) is 0.376. The number of aliphatic hydroxyl groups is 1. The molecule has 0 amide bonds. The Hall–Kier alpha value is -3.15. The summed E-state index contributed by atoms with van der Waals surface area (Å²) in [7, 11) is -3.49. The third-order valence-corrected chi connectivity index (χ3v) is 4.62. The van der Waals surface area contributed by atoms with Crippen molar-refractivity contribution in [3.05, 3.63) is 59.7 Å². The highest BCUT2D eigenvalue weighted by molar-refractivity contribution is 7.92. The molecule has 8 heteroatoms. The molecule has 0 heterocycles. The van der Waals surface area contributed by atoms with Crippen LogP contribution in [-0.2, 0) is 26.0 Å². The molecule has 156 valence electrons. The molecule has 0 unspecified atom stereocenters. The van der Waals surface area contributed by atoms with E-state index in [9.17, 15) is 13.5 Å². The standard InChI is InChI=1S/C19H22N2O3S.2CH2O/c1-19(2,22)13-11-15-7-9-16(10-8-15)12-14-25(23,24)21-18-6-4-3-5-17(18)20;2*1-2/h3-10,21-22H,12,14,20H2,1-2H3;2*1H2. The average Bonchev–Trinajstić information content (AvgIpc) is 2.70. The van der Waals surface area contributed by atoms with Gasteiger partial charge in [0.1, 0.15) is 19.2 Å². The van der Waals surface area contributed by atoms with Gasteiger partial charge in [-0.1, -0.05) is 36.1 Å². The molecule has 0 aliphatic rings. The van der Waals surface area contributed by atoms with Crippen LogP contribution in [0.3, 0.4) is 0 Å². The van der Waals surface area contributed by atoms with Crippen molar-refractivity contribution in [2.45, 2.75) is 25.9 Å². The number of hydrogen-bond acceptors (Lipinski definition) is 6. The molecule has 2 aromatic carbocycles. The van der Waals surface area contributed by atoms with Crippen molar-refractivity contribution >= 4 is 35.0 Å². The highest BCUT2D eigenvalue weighted by atomic mass is 32.2. The first kappa shape index (κ1) is 25.9. The van der Waals surface area contributed by atoms with Crippen molar-refractivity contribution in [1.29, 1.82) is 0 Å². The monoisotopic (exact) mass is 418 g/mol. The van der Waals surface area contributed by atoms with Crippen molar-refractivity contribution in [1.82, 2.24) is 0 Å². The number of benzene rings is 2. The molecular formula is C21H26N2O5S. The highest BCUT2D eigenvalue weighted by Gasteiger charge is 2.12. The smallest absolute Gasteiger partial charge is 0.233 e. The van der Waals surface area contributed by atoms with Crippen molar-refractivity contribution in [2.75, 3.05) is 16.2 Å². The van der Waals surface area contributed by atoms with Crippen molar-refractivity contribution in [3.8, 4) is 11.8 Å². The van der Waals surface area contributed by atoms with Gasteiger partial charge >= 0.3 is 0 Å². The Kier molecular flexibility index (Phi) is 11.0. The average molecular weight is 419 g/mol. The Morgan fingerprint density at radius 3 is 2.10 bits per heavy atom. The fourth-order valence-corrected chi connectivity index (χ4v) is 3.17. The number of sulfonamides is 1. The van der Waals surface area contributed by atoms with E-state index in [-0.39, 0.29) is 5.75 Å². The number of nitrogens with two attached hydrogens (primary N) is 1. The van der Waals surface area contributed by atoms with Crippen LogP contribution in [0.4, 0.5) is 11.4 Å². The maximum atomic E-state index is 12.2. The number of aryl methyl sites for hydroxylation is 1. The summed E-state index contributed by atoms with van der Waals surface area (Å²) in [5, 5.41) is 9.59. The van der Waals surface area contributed by atoms with Gasteiger partial charge in [0, 0.05) is 5.56 Å². The van der Waals surface area contributed by atoms with Crippen LogP contribution in [0.5, 0.6) is 0 Å².